The highest BCUT2D eigenvalue weighted by Crippen LogP contribution is 2.25. The molecule has 3 N–H and O–H groups in total. The molecule has 1 saturated carbocycles. The van der Waals surface area contributed by atoms with E-state index in [1.165, 1.54) is 24.2 Å². The number of nitrogen functional groups attached to an aromatic ring is 1. The molecule has 1 fully saturated rings. The number of rotatable bonds is 4. The topological polar surface area (TPSA) is 116 Å². The molecule has 23 heavy (non-hydrogen) atoms. The normalized spacial score (nSPS) is 20.3. The van der Waals surface area contributed by atoms with E-state index >= 15 is 0 Å². The minimum atomic E-state index is -0.0672. The number of anilines is 1. The van der Waals surface area contributed by atoms with Crippen LogP contribution in [-0.2, 0) is 4.79 Å². The maximum Gasteiger partial charge on any atom is 0.230 e. The quantitative estimate of drug-likeness (QED) is 0.818. The molecule has 0 unspecified atom stereocenters. The molecule has 6 nitrogen and oxygen atoms in total. The lowest BCUT2D eigenvalue weighted by Gasteiger charge is -2.29. The number of nitrogens with two attached hydrogens (primary N) is 1. The van der Waals surface area contributed by atoms with E-state index in [1.54, 1.807) is 0 Å². The predicted molar refractivity (Wildman–Crippen MR) is 88.4 cm³/mol. The second-order valence-corrected chi connectivity index (χ2v) is 6.69. The van der Waals surface area contributed by atoms with Gasteiger partial charge in [0.25, 0.3) is 0 Å². The number of thioether (sulfide) groups is 1. The highest BCUT2D eigenvalue weighted by molar-refractivity contribution is 8.00. The van der Waals surface area contributed by atoms with Crippen LogP contribution in [0.5, 0.6) is 0 Å². The van der Waals surface area contributed by atoms with Crippen molar-refractivity contribution in [3.05, 3.63) is 17.2 Å². The first kappa shape index (κ1) is 17.1. The van der Waals surface area contributed by atoms with Crippen molar-refractivity contribution in [2.24, 2.45) is 5.92 Å². The molecule has 7 heteroatoms. The van der Waals surface area contributed by atoms with Gasteiger partial charge in [-0.3, -0.25) is 4.79 Å². The Hall–Kier alpha value is -2.25. The van der Waals surface area contributed by atoms with Crippen LogP contribution in [0.1, 0.15) is 43.7 Å². The Morgan fingerprint density at radius 1 is 1.39 bits per heavy atom. The van der Waals surface area contributed by atoms with Crippen molar-refractivity contribution in [1.29, 1.82) is 10.5 Å². The number of amides is 1. The van der Waals surface area contributed by atoms with Gasteiger partial charge in [-0.15, -0.1) is 0 Å². The average Bonchev–Trinajstić information content (AvgIpc) is 2.55. The van der Waals surface area contributed by atoms with Crippen LogP contribution in [0.2, 0.25) is 0 Å². The summed E-state index contributed by atoms with van der Waals surface area (Å²) in [6.07, 6.45) is 4.53. The molecule has 1 aromatic rings. The molecule has 1 amide bonds. The molecule has 0 aromatic carbocycles. The average molecular weight is 329 g/mol. The minimum absolute atomic E-state index is 0.0672. The van der Waals surface area contributed by atoms with Crippen molar-refractivity contribution in [2.45, 2.75) is 43.7 Å². The molecule has 120 valence electrons. The van der Waals surface area contributed by atoms with Gasteiger partial charge in [0, 0.05) is 6.04 Å². The molecule has 2 atom stereocenters. The fraction of sp³-hybridized carbons (Fsp3) is 0.500. The Morgan fingerprint density at radius 2 is 2.09 bits per heavy atom. The van der Waals surface area contributed by atoms with Crippen LogP contribution >= 0.6 is 11.8 Å². The molecule has 1 aromatic heterocycles. The lowest BCUT2D eigenvalue weighted by molar-refractivity contribution is -0.119. The molecule has 0 bridgehead atoms. The second-order valence-electron chi connectivity index (χ2n) is 5.72. The summed E-state index contributed by atoms with van der Waals surface area (Å²) < 4.78 is 0. The van der Waals surface area contributed by atoms with Gasteiger partial charge < -0.3 is 11.1 Å². The number of nitrogens with one attached hydrogen (secondary N) is 1. The molecule has 1 aliphatic carbocycles. The third-order valence-electron chi connectivity index (χ3n) is 4.06. The van der Waals surface area contributed by atoms with Gasteiger partial charge in [-0.05, 0) is 24.8 Å². The Bertz CT molecular complexity index is 676. The number of nitrogens with zero attached hydrogens (tertiary/aromatic N) is 3. The molecule has 1 heterocycles. The van der Waals surface area contributed by atoms with Crippen molar-refractivity contribution >= 4 is 23.5 Å². The van der Waals surface area contributed by atoms with Crippen LogP contribution in [0.3, 0.4) is 0 Å². The van der Waals surface area contributed by atoms with Gasteiger partial charge in [-0.1, -0.05) is 31.5 Å². The van der Waals surface area contributed by atoms with Gasteiger partial charge >= 0.3 is 0 Å². The molecule has 0 saturated heterocycles. The van der Waals surface area contributed by atoms with Crippen LogP contribution in [-0.4, -0.2) is 22.7 Å². The molecule has 2 rings (SSSR count). The highest BCUT2D eigenvalue weighted by Gasteiger charge is 2.23. The number of pyridine rings is 1. The van der Waals surface area contributed by atoms with Gasteiger partial charge in [-0.25, -0.2) is 4.98 Å². The van der Waals surface area contributed by atoms with Crippen molar-refractivity contribution in [3.8, 4) is 12.1 Å². The van der Waals surface area contributed by atoms with E-state index in [2.05, 4.69) is 17.2 Å². The summed E-state index contributed by atoms with van der Waals surface area (Å²) in [5.74, 6) is 0.685. The molecule has 0 spiro atoms. The summed E-state index contributed by atoms with van der Waals surface area (Å²) in [4.78, 5) is 16.2. The summed E-state index contributed by atoms with van der Waals surface area (Å²) >= 11 is 1.17. The van der Waals surface area contributed by atoms with Gasteiger partial charge in [-0.2, -0.15) is 10.5 Å². The van der Waals surface area contributed by atoms with E-state index in [-0.39, 0.29) is 34.6 Å². The predicted octanol–water partition coefficient (Wildman–Crippen LogP) is 2.19. The standard InChI is InChI=1S/C16H19N5OS/c1-10-4-2-3-5-13(10)20-14(22)9-23-16-12(8-18)6-11(7-17)15(19)21-16/h6,10,13H,2-5,9H2,1H3,(H2,19,21)(H,20,22)/t10-,13-/m1/s1. The number of hydrogen-bond donors (Lipinski definition) is 2. The van der Waals surface area contributed by atoms with E-state index in [0.717, 1.165) is 19.3 Å². The fourth-order valence-electron chi connectivity index (χ4n) is 2.70. The monoisotopic (exact) mass is 329 g/mol. The lowest BCUT2D eigenvalue weighted by atomic mass is 9.86. The zero-order chi connectivity index (χ0) is 16.8. The Balaban J connectivity index is 1.98. The van der Waals surface area contributed by atoms with E-state index in [1.807, 2.05) is 12.1 Å². The Kier molecular flexibility index (Phi) is 5.84. The Morgan fingerprint density at radius 3 is 2.74 bits per heavy atom. The van der Waals surface area contributed by atoms with Crippen LogP contribution < -0.4 is 11.1 Å². The third kappa shape index (κ3) is 4.37. The number of carbonyl (C=O) groups excluding carboxylic acids is 1. The first-order valence-electron chi connectivity index (χ1n) is 7.58. The molecule has 0 aliphatic heterocycles. The summed E-state index contributed by atoms with van der Waals surface area (Å²) in [5.41, 5.74) is 6.11. The molecule has 0 radical (unpaired) electrons. The number of hydrogen-bond acceptors (Lipinski definition) is 6. The molecular formula is C16H19N5OS. The summed E-state index contributed by atoms with van der Waals surface area (Å²) in [5, 5.41) is 21.5. The summed E-state index contributed by atoms with van der Waals surface area (Å²) in [7, 11) is 0. The first-order chi connectivity index (χ1) is 11.0. The molecular weight excluding hydrogens is 310 g/mol. The largest absolute Gasteiger partial charge is 0.383 e. The zero-order valence-corrected chi connectivity index (χ0v) is 13.8. The smallest absolute Gasteiger partial charge is 0.230 e. The zero-order valence-electron chi connectivity index (χ0n) is 13.0. The van der Waals surface area contributed by atoms with E-state index in [0.29, 0.717) is 10.9 Å². The van der Waals surface area contributed by atoms with Crippen molar-refractivity contribution in [3.63, 3.8) is 0 Å². The van der Waals surface area contributed by atoms with Gasteiger partial charge in [0.15, 0.2) is 0 Å². The SMILES string of the molecule is C[C@@H]1CCCC[C@H]1NC(=O)CSc1nc(N)c(C#N)cc1C#N. The second kappa shape index (κ2) is 7.85. The lowest BCUT2D eigenvalue weighted by Crippen LogP contribution is -2.41. The van der Waals surface area contributed by atoms with Gasteiger partial charge in [0.2, 0.25) is 5.91 Å². The maximum atomic E-state index is 12.1. The maximum absolute atomic E-state index is 12.1. The van der Waals surface area contributed by atoms with Crippen LogP contribution in [0.4, 0.5) is 5.82 Å². The number of aromatic nitrogens is 1. The highest BCUT2D eigenvalue weighted by atomic mass is 32.2. The van der Waals surface area contributed by atoms with Crippen LogP contribution in [0.15, 0.2) is 11.1 Å². The van der Waals surface area contributed by atoms with Crippen LogP contribution in [0, 0.1) is 28.6 Å². The van der Waals surface area contributed by atoms with Crippen molar-refractivity contribution in [2.75, 3.05) is 11.5 Å². The number of carbonyl (C=O) groups is 1. The Labute approximate surface area is 140 Å². The summed E-state index contributed by atoms with van der Waals surface area (Å²) in [6.45, 7) is 2.16. The fourth-order valence-corrected chi connectivity index (χ4v) is 3.48. The van der Waals surface area contributed by atoms with E-state index in [9.17, 15) is 4.79 Å². The van der Waals surface area contributed by atoms with Gasteiger partial charge in [0.05, 0.1) is 16.9 Å². The van der Waals surface area contributed by atoms with Gasteiger partial charge in [0.1, 0.15) is 23.0 Å². The summed E-state index contributed by atoms with van der Waals surface area (Å²) in [6, 6.07) is 5.52. The van der Waals surface area contributed by atoms with Crippen LogP contribution in [0.25, 0.3) is 0 Å². The minimum Gasteiger partial charge on any atom is -0.383 e. The van der Waals surface area contributed by atoms with E-state index < -0.39 is 0 Å². The van der Waals surface area contributed by atoms with Crippen molar-refractivity contribution < 1.29 is 4.79 Å². The van der Waals surface area contributed by atoms with E-state index in [4.69, 9.17) is 16.3 Å². The first-order valence-corrected chi connectivity index (χ1v) is 8.56. The molecule has 1 aliphatic rings. The third-order valence-corrected chi connectivity index (χ3v) is 5.05. The van der Waals surface area contributed by atoms with Crippen molar-refractivity contribution in [1.82, 2.24) is 10.3 Å². The number of nitriles is 2.